The number of anilines is 1. The summed E-state index contributed by atoms with van der Waals surface area (Å²) >= 11 is 1.31. The average molecular weight is 348 g/mol. The lowest BCUT2D eigenvalue weighted by molar-refractivity contribution is -0.112. The highest BCUT2D eigenvalue weighted by Gasteiger charge is 2.32. The number of allylic oxidation sites excluding steroid dienone is 2. The Hall–Kier alpha value is -2.05. The second-order valence-electron chi connectivity index (χ2n) is 5.86. The molecule has 3 rings (SSSR count). The van der Waals surface area contributed by atoms with Crippen molar-refractivity contribution in [2.75, 3.05) is 37.0 Å². The van der Waals surface area contributed by atoms with E-state index in [0.29, 0.717) is 19.3 Å². The molecule has 0 atom stereocenters. The van der Waals surface area contributed by atoms with Crippen LogP contribution < -0.4 is 10.6 Å². The van der Waals surface area contributed by atoms with Gasteiger partial charge in [-0.25, -0.2) is 0 Å². The molecule has 2 fully saturated rings. The van der Waals surface area contributed by atoms with Gasteiger partial charge in [-0.2, -0.15) is 5.26 Å². The number of carbonyl (C=O) groups is 1. The molecule has 1 aromatic rings. The molecule has 0 amide bonds. The van der Waals surface area contributed by atoms with Gasteiger partial charge in [-0.3, -0.25) is 9.36 Å². The highest BCUT2D eigenvalue weighted by molar-refractivity contribution is 7.99. The van der Waals surface area contributed by atoms with Gasteiger partial charge in [-0.05, 0) is 19.8 Å². The molecular formula is C15H20N6O2S. The number of ketones is 1. The number of nitriles is 1. The number of hydrogen-bond donors (Lipinski definition) is 1. The van der Waals surface area contributed by atoms with E-state index in [1.165, 1.54) is 11.8 Å². The number of nitrogens with zero attached hydrogens (tertiary/aromatic N) is 5. The van der Waals surface area contributed by atoms with Gasteiger partial charge >= 0.3 is 0 Å². The Balaban J connectivity index is 1.74. The minimum atomic E-state index is -0.277. The lowest BCUT2D eigenvalue weighted by Gasteiger charge is -2.27. The van der Waals surface area contributed by atoms with Crippen molar-refractivity contribution < 1.29 is 9.53 Å². The van der Waals surface area contributed by atoms with Gasteiger partial charge in [0, 0.05) is 24.8 Å². The first-order chi connectivity index (χ1) is 11.6. The third-order valence-corrected chi connectivity index (χ3v) is 4.91. The Bertz CT molecular complexity index is 693. The van der Waals surface area contributed by atoms with E-state index in [0.717, 1.165) is 37.0 Å². The molecule has 128 valence electrons. The van der Waals surface area contributed by atoms with E-state index >= 15 is 0 Å². The fourth-order valence-electron chi connectivity index (χ4n) is 2.57. The monoisotopic (exact) mass is 348 g/mol. The largest absolute Gasteiger partial charge is 0.401 e. The van der Waals surface area contributed by atoms with Crippen molar-refractivity contribution in [2.24, 2.45) is 5.73 Å². The van der Waals surface area contributed by atoms with Gasteiger partial charge in [-0.15, -0.1) is 10.2 Å². The number of thioether (sulfide) groups is 1. The van der Waals surface area contributed by atoms with Gasteiger partial charge in [0.15, 0.2) is 10.9 Å². The van der Waals surface area contributed by atoms with Crippen LogP contribution in [0.3, 0.4) is 0 Å². The number of rotatable bonds is 6. The molecule has 1 saturated carbocycles. The summed E-state index contributed by atoms with van der Waals surface area (Å²) < 4.78 is 7.51. The molecule has 0 aromatic carbocycles. The van der Waals surface area contributed by atoms with Gasteiger partial charge in [0.1, 0.15) is 11.6 Å². The van der Waals surface area contributed by atoms with Crippen LogP contribution in [0.5, 0.6) is 0 Å². The van der Waals surface area contributed by atoms with Crippen LogP contribution in [0.4, 0.5) is 5.95 Å². The standard InChI is InChI=1S/C15H20N6O2S/c1-10(17)12(8-16)13(22)9-24-15-19-18-14(21(15)11-2-3-11)20-4-6-23-7-5-20/h11H,2-7,9,17H2,1H3/b12-10+. The number of morpholine rings is 1. The van der Waals surface area contributed by atoms with E-state index in [9.17, 15) is 4.79 Å². The summed E-state index contributed by atoms with van der Waals surface area (Å²) in [5, 5.41) is 18.3. The summed E-state index contributed by atoms with van der Waals surface area (Å²) in [6, 6.07) is 2.27. The SMILES string of the molecule is C/C(N)=C(/C#N)C(=O)CSc1nnc(N2CCOCC2)n1C1CC1. The van der Waals surface area contributed by atoms with Crippen molar-refractivity contribution in [3.63, 3.8) is 0 Å². The summed E-state index contributed by atoms with van der Waals surface area (Å²) in [5.74, 6) is 0.702. The molecular weight excluding hydrogens is 328 g/mol. The third kappa shape index (κ3) is 3.55. The van der Waals surface area contributed by atoms with E-state index in [1.807, 2.05) is 6.07 Å². The van der Waals surface area contributed by atoms with E-state index in [1.54, 1.807) is 6.92 Å². The van der Waals surface area contributed by atoms with E-state index in [2.05, 4.69) is 19.7 Å². The maximum absolute atomic E-state index is 12.1. The Kier molecular flexibility index (Phi) is 5.06. The smallest absolute Gasteiger partial charge is 0.228 e. The minimum Gasteiger partial charge on any atom is -0.401 e. The van der Waals surface area contributed by atoms with Gasteiger partial charge in [0.25, 0.3) is 0 Å². The Morgan fingerprint density at radius 3 is 2.71 bits per heavy atom. The Labute approximate surface area is 144 Å². The molecule has 1 aromatic heterocycles. The van der Waals surface area contributed by atoms with Gasteiger partial charge < -0.3 is 15.4 Å². The Morgan fingerprint density at radius 1 is 1.42 bits per heavy atom. The number of carbonyl (C=O) groups excluding carboxylic acids is 1. The topological polar surface area (TPSA) is 110 Å². The second kappa shape index (κ2) is 7.23. The lowest BCUT2D eigenvalue weighted by Crippen LogP contribution is -2.38. The van der Waals surface area contributed by atoms with Crippen LogP contribution in [0.25, 0.3) is 0 Å². The predicted molar refractivity (Wildman–Crippen MR) is 89.6 cm³/mol. The van der Waals surface area contributed by atoms with Crippen molar-refractivity contribution in [1.82, 2.24) is 14.8 Å². The predicted octanol–water partition coefficient (Wildman–Crippen LogP) is 0.867. The number of aromatic nitrogens is 3. The molecule has 1 saturated heterocycles. The molecule has 8 nitrogen and oxygen atoms in total. The highest BCUT2D eigenvalue weighted by atomic mass is 32.2. The molecule has 0 radical (unpaired) electrons. The molecule has 0 spiro atoms. The van der Waals surface area contributed by atoms with Crippen LogP contribution in [0.2, 0.25) is 0 Å². The summed E-state index contributed by atoms with van der Waals surface area (Å²) in [6.45, 7) is 4.52. The zero-order valence-corrected chi connectivity index (χ0v) is 14.4. The van der Waals surface area contributed by atoms with Crippen molar-refractivity contribution in [2.45, 2.75) is 31.0 Å². The number of nitrogens with two attached hydrogens (primary N) is 1. The van der Waals surface area contributed by atoms with E-state index in [4.69, 9.17) is 15.7 Å². The summed E-state index contributed by atoms with van der Waals surface area (Å²) in [4.78, 5) is 14.3. The fraction of sp³-hybridized carbons (Fsp3) is 0.600. The van der Waals surface area contributed by atoms with Crippen molar-refractivity contribution >= 4 is 23.5 Å². The molecule has 2 N–H and O–H groups in total. The van der Waals surface area contributed by atoms with Gasteiger partial charge in [-0.1, -0.05) is 11.8 Å². The zero-order chi connectivity index (χ0) is 17.1. The van der Waals surface area contributed by atoms with Crippen LogP contribution in [-0.4, -0.2) is 52.6 Å². The molecule has 24 heavy (non-hydrogen) atoms. The summed E-state index contributed by atoms with van der Waals surface area (Å²) in [6.07, 6.45) is 2.20. The Morgan fingerprint density at radius 2 is 2.12 bits per heavy atom. The third-order valence-electron chi connectivity index (χ3n) is 3.97. The van der Waals surface area contributed by atoms with Crippen LogP contribution in [0.15, 0.2) is 16.4 Å². The number of Topliss-reactive ketones (excluding diaryl/α,β-unsaturated/α-hetero) is 1. The first kappa shape index (κ1) is 16.8. The number of ether oxygens (including phenoxy) is 1. The van der Waals surface area contributed by atoms with Gasteiger partial charge in [0.2, 0.25) is 5.95 Å². The van der Waals surface area contributed by atoms with Crippen molar-refractivity contribution in [1.29, 1.82) is 5.26 Å². The minimum absolute atomic E-state index is 0.0217. The molecule has 0 unspecified atom stereocenters. The maximum atomic E-state index is 12.1. The van der Waals surface area contributed by atoms with Crippen LogP contribution >= 0.6 is 11.8 Å². The van der Waals surface area contributed by atoms with Crippen molar-refractivity contribution in [3.8, 4) is 6.07 Å². The van der Waals surface area contributed by atoms with Gasteiger partial charge in [0.05, 0.1) is 19.0 Å². The fourth-order valence-corrected chi connectivity index (χ4v) is 3.44. The van der Waals surface area contributed by atoms with Crippen LogP contribution in [0, 0.1) is 11.3 Å². The molecule has 2 heterocycles. The first-order valence-electron chi connectivity index (χ1n) is 7.92. The second-order valence-corrected chi connectivity index (χ2v) is 6.81. The van der Waals surface area contributed by atoms with Crippen LogP contribution in [-0.2, 0) is 9.53 Å². The average Bonchev–Trinajstić information content (AvgIpc) is 3.33. The maximum Gasteiger partial charge on any atom is 0.228 e. The lowest BCUT2D eigenvalue weighted by atomic mass is 10.2. The quantitative estimate of drug-likeness (QED) is 0.458. The zero-order valence-electron chi connectivity index (χ0n) is 13.6. The van der Waals surface area contributed by atoms with E-state index in [-0.39, 0.29) is 22.8 Å². The molecule has 1 aliphatic carbocycles. The highest BCUT2D eigenvalue weighted by Crippen LogP contribution is 2.41. The molecule has 2 aliphatic rings. The molecule has 0 bridgehead atoms. The first-order valence-corrected chi connectivity index (χ1v) is 8.90. The van der Waals surface area contributed by atoms with Crippen molar-refractivity contribution in [3.05, 3.63) is 11.3 Å². The molecule has 9 heteroatoms. The van der Waals surface area contributed by atoms with Crippen LogP contribution in [0.1, 0.15) is 25.8 Å². The van der Waals surface area contributed by atoms with E-state index < -0.39 is 0 Å². The summed E-state index contributed by atoms with van der Waals surface area (Å²) in [5.41, 5.74) is 5.85. The molecule has 1 aliphatic heterocycles. The summed E-state index contributed by atoms with van der Waals surface area (Å²) in [7, 11) is 0. The number of hydrogen-bond acceptors (Lipinski definition) is 8. The normalized spacial score (nSPS) is 18.9.